The summed E-state index contributed by atoms with van der Waals surface area (Å²) < 4.78 is 0. The van der Waals surface area contributed by atoms with Gasteiger partial charge in [-0.05, 0) is 70.9 Å². The fourth-order valence-corrected chi connectivity index (χ4v) is 4.60. The highest BCUT2D eigenvalue weighted by Crippen LogP contribution is 2.35. The van der Waals surface area contributed by atoms with Crippen LogP contribution < -0.4 is 0 Å². The monoisotopic (exact) mass is 418 g/mol. The molecule has 31 heavy (non-hydrogen) atoms. The largest absolute Gasteiger partial charge is 0.0801 e. The van der Waals surface area contributed by atoms with Gasteiger partial charge in [-0.2, -0.15) is 0 Å². The molecule has 0 fully saturated rings. The summed E-state index contributed by atoms with van der Waals surface area (Å²) in [6, 6.07) is 16.5. The number of benzene rings is 2. The van der Waals surface area contributed by atoms with Gasteiger partial charge in [-0.1, -0.05) is 116 Å². The van der Waals surface area contributed by atoms with Crippen LogP contribution in [-0.2, 0) is 11.8 Å². The van der Waals surface area contributed by atoms with Crippen LogP contribution in [0, 0.1) is 12.8 Å². The van der Waals surface area contributed by atoms with Gasteiger partial charge >= 0.3 is 0 Å². The zero-order chi connectivity index (χ0) is 23.0. The molecule has 0 aliphatic carbocycles. The van der Waals surface area contributed by atoms with Crippen molar-refractivity contribution in [1.29, 1.82) is 0 Å². The molecule has 2 aromatic carbocycles. The van der Waals surface area contributed by atoms with Crippen molar-refractivity contribution in [2.24, 2.45) is 5.92 Å². The smallest absolute Gasteiger partial charge is 0.00663 e. The lowest BCUT2D eigenvalue weighted by Crippen LogP contribution is -2.11. The minimum Gasteiger partial charge on any atom is -0.0801 e. The first-order valence-corrected chi connectivity index (χ1v) is 12.6. The number of aryl methyl sites for hydroxylation is 2. The third-order valence-electron chi connectivity index (χ3n) is 6.71. The van der Waals surface area contributed by atoms with E-state index in [1.807, 2.05) is 0 Å². The molecule has 2 aromatic rings. The van der Waals surface area contributed by atoms with Crippen LogP contribution in [0.25, 0.3) is 5.57 Å². The van der Waals surface area contributed by atoms with E-state index in [-0.39, 0.29) is 5.41 Å². The highest BCUT2D eigenvalue weighted by molar-refractivity contribution is 5.72. The molecule has 2 unspecified atom stereocenters. The summed E-state index contributed by atoms with van der Waals surface area (Å²) in [6.07, 6.45) is 9.91. The van der Waals surface area contributed by atoms with E-state index in [0.29, 0.717) is 5.92 Å². The predicted octanol–water partition coefficient (Wildman–Crippen LogP) is 9.65. The quantitative estimate of drug-likeness (QED) is 0.360. The Morgan fingerprint density at radius 2 is 1.58 bits per heavy atom. The van der Waals surface area contributed by atoms with Gasteiger partial charge in [0.25, 0.3) is 0 Å². The fourth-order valence-electron chi connectivity index (χ4n) is 4.60. The van der Waals surface area contributed by atoms with Crippen molar-refractivity contribution in [3.05, 3.63) is 76.4 Å². The summed E-state index contributed by atoms with van der Waals surface area (Å²) in [6.45, 7) is 18.5. The summed E-state index contributed by atoms with van der Waals surface area (Å²) in [5.41, 5.74) is 8.81. The molecule has 170 valence electrons. The van der Waals surface area contributed by atoms with E-state index in [0.717, 1.165) is 12.3 Å². The van der Waals surface area contributed by atoms with Crippen molar-refractivity contribution in [3.63, 3.8) is 0 Å². The van der Waals surface area contributed by atoms with Crippen LogP contribution in [-0.4, -0.2) is 0 Å². The molecule has 0 aliphatic rings. The normalized spacial score (nSPS) is 14.5. The Morgan fingerprint density at radius 1 is 0.903 bits per heavy atom. The average molecular weight is 419 g/mol. The van der Waals surface area contributed by atoms with Crippen LogP contribution in [0.5, 0.6) is 0 Å². The molecule has 2 rings (SSSR count). The molecule has 0 saturated heterocycles. The Labute approximate surface area is 193 Å². The molecule has 0 nitrogen and oxygen atoms in total. The van der Waals surface area contributed by atoms with Crippen LogP contribution in [0.3, 0.4) is 0 Å². The van der Waals surface area contributed by atoms with Crippen LogP contribution in [0.2, 0.25) is 0 Å². The highest BCUT2D eigenvalue weighted by atomic mass is 14.2. The number of rotatable bonds is 10. The minimum absolute atomic E-state index is 0.193. The van der Waals surface area contributed by atoms with Gasteiger partial charge in [0.15, 0.2) is 0 Å². The lowest BCUT2D eigenvalue weighted by atomic mass is 9.82. The zero-order valence-corrected chi connectivity index (χ0v) is 21.5. The summed E-state index contributed by atoms with van der Waals surface area (Å²) in [4.78, 5) is 0. The molecule has 0 amide bonds. The summed E-state index contributed by atoms with van der Waals surface area (Å²) in [5.74, 6) is 1.23. The molecule has 0 aliphatic heterocycles. The molecule has 0 N–H and O–H groups in total. The Balaban J connectivity index is 2.26. The zero-order valence-electron chi connectivity index (χ0n) is 21.5. The lowest BCUT2D eigenvalue weighted by molar-refractivity contribution is 0.486. The maximum atomic E-state index is 2.47. The van der Waals surface area contributed by atoms with Gasteiger partial charge in [0.2, 0.25) is 0 Å². The number of unbranched alkanes of at least 4 members (excludes halogenated alkanes) is 1. The first kappa shape index (κ1) is 25.4. The van der Waals surface area contributed by atoms with Crippen molar-refractivity contribution in [2.75, 3.05) is 0 Å². The Hall–Kier alpha value is -1.82. The van der Waals surface area contributed by atoms with Gasteiger partial charge < -0.3 is 0 Å². The van der Waals surface area contributed by atoms with Gasteiger partial charge in [-0.15, -0.1) is 0 Å². The van der Waals surface area contributed by atoms with Crippen molar-refractivity contribution in [1.82, 2.24) is 0 Å². The molecule has 0 aromatic heterocycles. The van der Waals surface area contributed by atoms with Crippen LogP contribution >= 0.6 is 0 Å². The average Bonchev–Trinajstić information content (AvgIpc) is 2.72. The fraction of sp³-hybridized carbons (Fsp3) is 0.548. The van der Waals surface area contributed by atoms with Gasteiger partial charge in [-0.3, -0.25) is 0 Å². The van der Waals surface area contributed by atoms with E-state index in [4.69, 9.17) is 0 Å². The first-order valence-electron chi connectivity index (χ1n) is 12.6. The van der Waals surface area contributed by atoms with Gasteiger partial charge in [0.05, 0.1) is 0 Å². The standard InChI is InChI=1S/C31H46/c1-9-11-13-30(27-17-19-28(20-18-27)31(6,7)8)25(5)29-21-16-26(22-24(29)4)15-14-23(3)12-10-2/h13,16-23,25H,9-12,14-15H2,1-8H3. The molecular formula is C31H46. The molecule has 0 saturated carbocycles. The molecule has 0 spiro atoms. The second kappa shape index (κ2) is 11.7. The summed E-state index contributed by atoms with van der Waals surface area (Å²) in [7, 11) is 0. The summed E-state index contributed by atoms with van der Waals surface area (Å²) in [5, 5.41) is 0. The molecule has 0 bridgehead atoms. The second-order valence-corrected chi connectivity index (χ2v) is 10.6. The van der Waals surface area contributed by atoms with E-state index in [1.54, 1.807) is 0 Å². The number of hydrogen-bond acceptors (Lipinski definition) is 0. The molecule has 0 heterocycles. The number of allylic oxidation sites excluding steroid dienone is 2. The van der Waals surface area contributed by atoms with Crippen molar-refractivity contribution < 1.29 is 0 Å². The van der Waals surface area contributed by atoms with E-state index in [1.165, 1.54) is 65.5 Å². The van der Waals surface area contributed by atoms with Gasteiger partial charge in [0, 0.05) is 5.92 Å². The highest BCUT2D eigenvalue weighted by Gasteiger charge is 2.18. The lowest BCUT2D eigenvalue weighted by Gasteiger charge is -2.23. The third kappa shape index (κ3) is 7.37. The van der Waals surface area contributed by atoms with Crippen molar-refractivity contribution >= 4 is 5.57 Å². The molecule has 0 heteroatoms. The second-order valence-electron chi connectivity index (χ2n) is 10.6. The molecule has 0 radical (unpaired) electrons. The van der Waals surface area contributed by atoms with Crippen LogP contribution in [0.1, 0.15) is 114 Å². The van der Waals surface area contributed by atoms with E-state index in [2.05, 4.69) is 104 Å². The number of hydrogen-bond donors (Lipinski definition) is 0. The molecule has 2 atom stereocenters. The topological polar surface area (TPSA) is 0 Å². The Kier molecular flexibility index (Phi) is 9.60. The van der Waals surface area contributed by atoms with Crippen LogP contribution in [0.4, 0.5) is 0 Å². The summed E-state index contributed by atoms with van der Waals surface area (Å²) >= 11 is 0. The van der Waals surface area contributed by atoms with E-state index in [9.17, 15) is 0 Å². The van der Waals surface area contributed by atoms with Gasteiger partial charge in [-0.25, -0.2) is 0 Å². The van der Waals surface area contributed by atoms with Crippen LogP contribution in [0.15, 0.2) is 48.5 Å². The predicted molar refractivity (Wildman–Crippen MR) is 140 cm³/mol. The first-order chi connectivity index (χ1) is 14.7. The Bertz CT molecular complexity index is 829. The van der Waals surface area contributed by atoms with E-state index >= 15 is 0 Å². The Morgan fingerprint density at radius 3 is 2.13 bits per heavy atom. The SMILES string of the molecule is CCCC=C(c1ccc(C(C)(C)C)cc1)C(C)c1ccc(CCC(C)CCC)cc1C. The minimum atomic E-state index is 0.193. The van der Waals surface area contributed by atoms with E-state index < -0.39 is 0 Å². The van der Waals surface area contributed by atoms with Crippen molar-refractivity contribution in [3.8, 4) is 0 Å². The maximum Gasteiger partial charge on any atom is 0.00663 e. The molecular weight excluding hydrogens is 372 g/mol. The van der Waals surface area contributed by atoms with Gasteiger partial charge in [0.1, 0.15) is 0 Å². The van der Waals surface area contributed by atoms with Crippen molar-refractivity contribution in [2.45, 2.75) is 105 Å². The third-order valence-corrected chi connectivity index (χ3v) is 6.71. The maximum absolute atomic E-state index is 2.47.